The molecule has 1 amide bonds. The topological polar surface area (TPSA) is 44.8 Å². The molecule has 0 spiro atoms. The van der Waals surface area contributed by atoms with E-state index in [9.17, 15) is 4.79 Å². The van der Waals surface area contributed by atoms with Crippen molar-refractivity contribution in [3.8, 4) is 16.9 Å². The molecule has 1 heterocycles. The van der Waals surface area contributed by atoms with Gasteiger partial charge in [-0.3, -0.25) is 9.69 Å². The maximum Gasteiger partial charge on any atom is 0.251 e. The summed E-state index contributed by atoms with van der Waals surface area (Å²) in [4.78, 5) is 17.7. The lowest BCUT2D eigenvalue weighted by molar-refractivity contribution is 0.0886. The Morgan fingerprint density at radius 2 is 1.50 bits per heavy atom. The number of carbonyl (C=O) groups excluding carboxylic acids is 1. The smallest absolute Gasteiger partial charge is 0.251 e. The summed E-state index contributed by atoms with van der Waals surface area (Å²) in [6, 6.07) is 26.3. The van der Waals surface area contributed by atoms with Crippen LogP contribution in [0.3, 0.4) is 0 Å². The molecule has 166 valence electrons. The number of amides is 1. The van der Waals surface area contributed by atoms with Gasteiger partial charge in [-0.25, -0.2) is 0 Å². The fourth-order valence-electron chi connectivity index (χ4n) is 4.15. The van der Waals surface area contributed by atoms with Crippen LogP contribution in [0.4, 0.5) is 0 Å². The highest BCUT2D eigenvalue weighted by Crippen LogP contribution is 2.24. The van der Waals surface area contributed by atoms with E-state index >= 15 is 0 Å². The second-order valence-corrected chi connectivity index (χ2v) is 8.28. The molecule has 0 bridgehead atoms. The zero-order valence-corrected chi connectivity index (χ0v) is 18.8. The summed E-state index contributed by atoms with van der Waals surface area (Å²) in [5.74, 6) is 0.797. The summed E-state index contributed by atoms with van der Waals surface area (Å²) in [7, 11) is 3.83. The molecule has 0 saturated carbocycles. The molecule has 1 fully saturated rings. The molecule has 0 aliphatic carbocycles. The minimum Gasteiger partial charge on any atom is -0.497 e. The third-order valence-electron chi connectivity index (χ3n) is 6.19. The van der Waals surface area contributed by atoms with Crippen molar-refractivity contribution in [1.29, 1.82) is 0 Å². The number of nitrogens with zero attached hydrogens (tertiary/aromatic N) is 2. The molecular formula is C27H31N3O2. The molecule has 32 heavy (non-hydrogen) atoms. The van der Waals surface area contributed by atoms with E-state index < -0.39 is 0 Å². The Balaban J connectivity index is 1.45. The van der Waals surface area contributed by atoms with Gasteiger partial charge >= 0.3 is 0 Å². The van der Waals surface area contributed by atoms with Gasteiger partial charge in [0.05, 0.1) is 13.2 Å². The minimum absolute atomic E-state index is 0.0442. The van der Waals surface area contributed by atoms with E-state index in [2.05, 4.69) is 46.4 Å². The number of rotatable bonds is 7. The van der Waals surface area contributed by atoms with Crippen molar-refractivity contribution in [2.24, 2.45) is 0 Å². The van der Waals surface area contributed by atoms with Crippen molar-refractivity contribution in [1.82, 2.24) is 15.1 Å². The molecule has 3 aromatic carbocycles. The summed E-state index contributed by atoms with van der Waals surface area (Å²) in [5.41, 5.74) is 4.12. The lowest BCUT2D eigenvalue weighted by Crippen LogP contribution is -2.48. The molecule has 1 atom stereocenters. The molecule has 1 aliphatic rings. The van der Waals surface area contributed by atoms with Crippen LogP contribution in [0.1, 0.15) is 22.0 Å². The van der Waals surface area contributed by atoms with Crippen LogP contribution < -0.4 is 10.1 Å². The van der Waals surface area contributed by atoms with Gasteiger partial charge in [-0.2, -0.15) is 0 Å². The van der Waals surface area contributed by atoms with Crippen molar-refractivity contribution in [2.45, 2.75) is 6.04 Å². The molecule has 0 aromatic heterocycles. The fourth-order valence-corrected chi connectivity index (χ4v) is 4.15. The minimum atomic E-state index is -0.0442. The number of benzene rings is 3. The Morgan fingerprint density at radius 3 is 2.12 bits per heavy atom. The SMILES string of the molecule is COc1ccc([C@@H](CNC(=O)c2ccc(-c3ccccc3)cc2)N2CCN(C)CC2)cc1. The van der Waals surface area contributed by atoms with E-state index in [4.69, 9.17) is 4.74 Å². The van der Waals surface area contributed by atoms with Crippen LogP contribution in [0.5, 0.6) is 5.75 Å². The molecule has 5 heteroatoms. The van der Waals surface area contributed by atoms with Gasteiger partial charge in [-0.1, -0.05) is 54.6 Å². The zero-order valence-electron chi connectivity index (χ0n) is 18.8. The second-order valence-electron chi connectivity index (χ2n) is 8.28. The predicted molar refractivity (Wildman–Crippen MR) is 129 cm³/mol. The number of ether oxygens (including phenoxy) is 1. The maximum atomic E-state index is 12.9. The van der Waals surface area contributed by atoms with E-state index in [0.717, 1.165) is 43.1 Å². The molecule has 1 saturated heterocycles. The summed E-state index contributed by atoms with van der Waals surface area (Å²) >= 11 is 0. The van der Waals surface area contributed by atoms with Gasteiger partial charge in [0, 0.05) is 38.3 Å². The van der Waals surface area contributed by atoms with Gasteiger partial charge in [0.2, 0.25) is 0 Å². The van der Waals surface area contributed by atoms with E-state index in [1.807, 2.05) is 54.6 Å². The Labute approximate surface area is 190 Å². The van der Waals surface area contributed by atoms with Gasteiger partial charge in [0.1, 0.15) is 5.75 Å². The fraction of sp³-hybridized carbons (Fsp3) is 0.296. The highest BCUT2D eigenvalue weighted by molar-refractivity contribution is 5.94. The molecular weight excluding hydrogens is 398 g/mol. The molecule has 4 rings (SSSR count). The average Bonchev–Trinajstić information content (AvgIpc) is 2.86. The number of hydrogen-bond acceptors (Lipinski definition) is 4. The van der Waals surface area contributed by atoms with Crippen LogP contribution in [-0.2, 0) is 0 Å². The molecule has 3 aromatic rings. The highest BCUT2D eigenvalue weighted by atomic mass is 16.5. The van der Waals surface area contributed by atoms with Crippen LogP contribution in [0.15, 0.2) is 78.9 Å². The van der Waals surface area contributed by atoms with Crippen molar-refractivity contribution in [2.75, 3.05) is 46.9 Å². The third kappa shape index (κ3) is 5.36. The van der Waals surface area contributed by atoms with Crippen LogP contribution in [0.2, 0.25) is 0 Å². The van der Waals surface area contributed by atoms with E-state index in [0.29, 0.717) is 12.1 Å². The summed E-state index contributed by atoms with van der Waals surface area (Å²) < 4.78 is 5.32. The van der Waals surface area contributed by atoms with Gasteiger partial charge in [0.15, 0.2) is 0 Å². The van der Waals surface area contributed by atoms with Crippen molar-refractivity contribution in [3.05, 3.63) is 90.0 Å². The zero-order chi connectivity index (χ0) is 22.3. The second kappa shape index (κ2) is 10.4. The number of likely N-dealkylation sites (N-methyl/N-ethyl adjacent to an activating group) is 1. The largest absolute Gasteiger partial charge is 0.497 e. The first kappa shape index (κ1) is 22.1. The number of methoxy groups -OCH3 is 1. The molecule has 5 nitrogen and oxygen atoms in total. The third-order valence-corrected chi connectivity index (χ3v) is 6.19. The first-order valence-electron chi connectivity index (χ1n) is 11.1. The number of hydrogen-bond donors (Lipinski definition) is 1. The maximum absolute atomic E-state index is 12.9. The van der Waals surface area contributed by atoms with Crippen LogP contribution >= 0.6 is 0 Å². The number of carbonyl (C=O) groups is 1. The van der Waals surface area contributed by atoms with Crippen LogP contribution in [0.25, 0.3) is 11.1 Å². The quantitative estimate of drug-likeness (QED) is 0.615. The van der Waals surface area contributed by atoms with Gasteiger partial charge in [-0.05, 0) is 48.0 Å². The normalized spacial score (nSPS) is 15.8. The molecule has 1 aliphatic heterocycles. The summed E-state index contributed by atoms with van der Waals surface area (Å²) in [6.45, 7) is 4.59. The van der Waals surface area contributed by atoms with Crippen LogP contribution in [-0.4, -0.2) is 62.6 Å². The number of piperazine rings is 1. The van der Waals surface area contributed by atoms with E-state index in [-0.39, 0.29) is 11.9 Å². The van der Waals surface area contributed by atoms with E-state index in [1.54, 1.807) is 7.11 Å². The molecule has 1 N–H and O–H groups in total. The van der Waals surface area contributed by atoms with Crippen molar-refractivity contribution in [3.63, 3.8) is 0 Å². The standard InChI is InChI=1S/C27H31N3O2/c1-29-16-18-30(19-17-29)26(23-12-14-25(32-2)15-13-23)20-28-27(31)24-10-8-22(9-11-24)21-6-4-3-5-7-21/h3-15,26H,16-20H2,1-2H3,(H,28,31)/t26-/m1/s1. The van der Waals surface area contributed by atoms with Gasteiger partial charge in [0.25, 0.3) is 5.91 Å². The Kier molecular flexibility index (Phi) is 7.20. The Morgan fingerprint density at radius 1 is 0.875 bits per heavy atom. The monoisotopic (exact) mass is 429 g/mol. The average molecular weight is 430 g/mol. The first-order chi connectivity index (χ1) is 15.6. The van der Waals surface area contributed by atoms with E-state index in [1.165, 1.54) is 5.56 Å². The summed E-state index contributed by atoms with van der Waals surface area (Å²) in [6.07, 6.45) is 0. The van der Waals surface area contributed by atoms with Crippen LogP contribution in [0, 0.1) is 0 Å². The van der Waals surface area contributed by atoms with Gasteiger partial charge in [-0.15, -0.1) is 0 Å². The Bertz CT molecular complexity index is 995. The lowest BCUT2D eigenvalue weighted by atomic mass is 10.0. The highest BCUT2D eigenvalue weighted by Gasteiger charge is 2.24. The Hall–Kier alpha value is -3.15. The summed E-state index contributed by atoms with van der Waals surface area (Å²) in [5, 5.41) is 3.17. The van der Waals surface area contributed by atoms with Crippen molar-refractivity contribution >= 4 is 5.91 Å². The predicted octanol–water partition coefficient (Wildman–Crippen LogP) is 4.08. The van der Waals surface area contributed by atoms with Gasteiger partial charge < -0.3 is 15.0 Å². The lowest BCUT2D eigenvalue weighted by Gasteiger charge is -2.38. The molecule has 0 radical (unpaired) electrons. The number of nitrogens with one attached hydrogen (secondary N) is 1. The van der Waals surface area contributed by atoms with Crippen molar-refractivity contribution < 1.29 is 9.53 Å². The molecule has 0 unspecified atom stereocenters. The first-order valence-corrected chi connectivity index (χ1v) is 11.1.